The number of benzene rings is 1. The van der Waals surface area contributed by atoms with Crippen molar-refractivity contribution < 1.29 is 9.15 Å². The number of rotatable bonds is 8. The molecule has 32 heavy (non-hydrogen) atoms. The van der Waals surface area contributed by atoms with Gasteiger partial charge in [0.25, 0.3) is 0 Å². The first-order valence-electron chi connectivity index (χ1n) is 11.3. The van der Waals surface area contributed by atoms with Gasteiger partial charge in [-0.05, 0) is 71.2 Å². The summed E-state index contributed by atoms with van der Waals surface area (Å²) in [6, 6.07) is 6.25. The highest BCUT2D eigenvalue weighted by molar-refractivity contribution is 14.0. The Balaban J connectivity index is 0.00000363. The van der Waals surface area contributed by atoms with Crippen LogP contribution in [0.4, 0.5) is 0 Å². The number of ether oxygens (including phenoxy) is 1. The maximum atomic E-state index is 5.74. The molecule has 1 aliphatic rings. The first-order valence-corrected chi connectivity index (χ1v) is 11.3. The number of aromatic nitrogens is 1. The molecule has 1 saturated heterocycles. The van der Waals surface area contributed by atoms with Crippen molar-refractivity contribution in [3.63, 3.8) is 0 Å². The van der Waals surface area contributed by atoms with Crippen molar-refractivity contribution in [2.24, 2.45) is 10.9 Å². The fourth-order valence-electron chi connectivity index (χ4n) is 3.88. The van der Waals surface area contributed by atoms with E-state index in [1.165, 1.54) is 5.56 Å². The molecule has 7 nitrogen and oxygen atoms in total. The SMILES string of the molecule is CCNC(=NCc1ccc(C)cc1OC)NCC1CCN(Cc2nc(C)c(C)o2)CC1.I. The van der Waals surface area contributed by atoms with Crippen molar-refractivity contribution >= 4 is 29.9 Å². The quantitative estimate of drug-likeness (QED) is 0.289. The monoisotopic (exact) mass is 555 g/mol. The average molecular weight is 556 g/mol. The second-order valence-corrected chi connectivity index (χ2v) is 8.36. The summed E-state index contributed by atoms with van der Waals surface area (Å²) < 4.78 is 11.2. The van der Waals surface area contributed by atoms with Crippen molar-refractivity contribution in [3.05, 3.63) is 46.7 Å². The topological polar surface area (TPSA) is 74.9 Å². The highest BCUT2D eigenvalue weighted by atomic mass is 127. The molecule has 2 aromatic rings. The average Bonchev–Trinajstić information content (AvgIpc) is 3.08. The summed E-state index contributed by atoms with van der Waals surface area (Å²) in [5.74, 6) is 4.15. The second-order valence-electron chi connectivity index (χ2n) is 8.36. The molecular weight excluding hydrogens is 517 g/mol. The van der Waals surface area contributed by atoms with E-state index in [-0.39, 0.29) is 24.0 Å². The lowest BCUT2D eigenvalue weighted by Gasteiger charge is -2.31. The van der Waals surface area contributed by atoms with Gasteiger partial charge in [-0.3, -0.25) is 4.90 Å². The number of aryl methyl sites for hydroxylation is 3. The summed E-state index contributed by atoms with van der Waals surface area (Å²) in [6.07, 6.45) is 2.33. The Labute approximate surface area is 209 Å². The predicted molar refractivity (Wildman–Crippen MR) is 140 cm³/mol. The van der Waals surface area contributed by atoms with Crippen molar-refractivity contribution in [2.45, 2.75) is 53.6 Å². The molecule has 2 N–H and O–H groups in total. The summed E-state index contributed by atoms with van der Waals surface area (Å²) >= 11 is 0. The Hall–Kier alpha value is -1.81. The highest BCUT2D eigenvalue weighted by Crippen LogP contribution is 2.21. The van der Waals surface area contributed by atoms with Gasteiger partial charge >= 0.3 is 0 Å². The first kappa shape index (κ1) is 26.4. The lowest BCUT2D eigenvalue weighted by atomic mass is 9.97. The number of nitrogens with one attached hydrogen (secondary N) is 2. The number of guanidine groups is 1. The second kappa shape index (κ2) is 13.0. The number of methoxy groups -OCH3 is 1. The molecule has 0 spiro atoms. The minimum Gasteiger partial charge on any atom is -0.496 e. The van der Waals surface area contributed by atoms with Crippen LogP contribution in [-0.4, -0.2) is 49.1 Å². The van der Waals surface area contributed by atoms with E-state index in [0.29, 0.717) is 12.5 Å². The van der Waals surface area contributed by atoms with Crippen LogP contribution in [0.25, 0.3) is 0 Å². The molecule has 0 saturated carbocycles. The minimum atomic E-state index is 0. The Morgan fingerprint density at radius 2 is 1.97 bits per heavy atom. The highest BCUT2D eigenvalue weighted by Gasteiger charge is 2.21. The van der Waals surface area contributed by atoms with Crippen LogP contribution in [0, 0.1) is 26.7 Å². The zero-order chi connectivity index (χ0) is 22.2. The molecule has 1 aliphatic heterocycles. The molecule has 8 heteroatoms. The van der Waals surface area contributed by atoms with Crippen LogP contribution in [0.5, 0.6) is 5.75 Å². The fourth-order valence-corrected chi connectivity index (χ4v) is 3.88. The normalized spacial score (nSPS) is 15.3. The largest absolute Gasteiger partial charge is 0.496 e. The van der Waals surface area contributed by atoms with E-state index >= 15 is 0 Å². The zero-order valence-corrected chi connectivity index (χ0v) is 22.4. The molecule has 0 radical (unpaired) electrons. The van der Waals surface area contributed by atoms with Crippen molar-refractivity contribution in [1.29, 1.82) is 0 Å². The third kappa shape index (κ3) is 7.65. The predicted octanol–water partition coefficient (Wildman–Crippen LogP) is 4.19. The minimum absolute atomic E-state index is 0. The number of halogens is 1. The number of hydrogen-bond donors (Lipinski definition) is 2. The summed E-state index contributed by atoms with van der Waals surface area (Å²) in [5, 5.41) is 6.89. The first-order chi connectivity index (χ1) is 15.0. The molecule has 0 unspecified atom stereocenters. The molecule has 3 rings (SSSR count). The van der Waals surface area contributed by atoms with Crippen LogP contribution in [0.2, 0.25) is 0 Å². The Morgan fingerprint density at radius 1 is 1.22 bits per heavy atom. The van der Waals surface area contributed by atoms with E-state index in [4.69, 9.17) is 14.1 Å². The van der Waals surface area contributed by atoms with Crippen molar-refractivity contribution in [2.75, 3.05) is 33.3 Å². The van der Waals surface area contributed by atoms with Crippen LogP contribution in [0.15, 0.2) is 27.6 Å². The van der Waals surface area contributed by atoms with Crippen LogP contribution >= 0.6 is 24.0 Å². The van der Waals surface area contributed by atoms with E-state index in [1.807, 2.05) is 13.8 Å². The maximum absolute atomic E-state index is 5.74. The van der Waals surface area contributed by atoms with Crippen LogP contribution in [-0.2, 0) is 13.1 Å². The molecular formula is C24H38IN5O2. The molecule has 1 aromatic heterocycles. The lowest BCUT2D eigenvalue weighted by molar-refractivity contribution is 0.164. The van der Waals surface area contributed by atoms with Crippen LogP contribution < -0.4 is 15.4 Å². The number of oxazole rings is 1. The number of likely N-dealkylation sites (tertiary alicyclic amines) is 1. The third-order valence-corrected chi connectivity index (χ3v) is 5.89. The van der Waals surface area contributed by atoms with E-state index in [1.54, 1.807) is 7.11 Å². The number of piperidine rings is 1. The smallest absolute Gasteiger partial charge is 0.208 e. The van der Waals surface area contributed by atoms with Gasteiger partial charge in [0, 0.05) is 18.7 Å². The van der Waals surface area contributed by atoms with Gasteiger partial charge in [-0.1, -0.05) is 12.1 Å². The maximum Gasteiger partial charge on any atom is 0.208 e. The molecule has 0 bridgehead atoms. The molecule has 0 aliphatic carbocycles. The molecule has 1 aromatic carbocycles. The van der Waals surface area contributed by atoms with Crippen molar-refractivity contribution in [1.82, 2.24) is 20.5 Å². The van der Waals surface area contributed by atoms with Gasteiger partial charge in [0.15, 0.2) is 5.96 Å². The summed E-state index contributed by atoms with van der Waals surface area (Å²) in [4.78, 5) is 11.7. The van der Waals surface area contributed by atoms with Gasteiger partial charge in [0.2, 0.25) is 5.89 Å². The van der Waals surface area contributed by atoms with Gasteiger partial charge in [0.05, 0.1) is 25.9 Å². The zero-order valence-electron chi connectivity index (χ0n) is 20.0. The van der Waals surface area contributed by atoms with E-state index in [0.717, 1.165) is 80.2 Å². The Bertz CT molecular complexity index is 856. The summed E-state index contributed by atoms with van der Waals surface area (Å²) in [5.41, 5.74) is 3.28. The van der Waals surface area contributed by atoms with E-state index in [2.05, 4.69) is 52.6 Å². The van der Waals surface area contributed by atoms with Crippen LogP contribution in [0.1, 0.15) is 48.2 Å². The van der Waals surface area contributed by atoms with Gasteiger partial charge in [0.1, 0.15) is 11.5 Å². The molecule has 0 amide bonds. The molecule has 2 heterocycles. The van der Waals surface area contributed by atoms with Crippen molar-refractivity contribution in [3.8, 4) is 5.75 Å². The van der Waals surface area contributed by atoms with Gasteiger partial charge < -0.3 is 19.8 Å². The summed E-state index contributed by atoms with van der Waals surface area (Å²) in [7, 11) is 1.71. The lowest BCUT2D eigenvalue weighted by Crippen LogP contribution is -2.42. The van der Waals surface area contributed by atoms with E-state index in [9.17, 15) is 0 Å². The Morgan fingerprint density at radius 3 is 2.59 bits per heavy atom. The number of aliphatic imine (C=N–C) groups is 1. The Kier molecular flexibility index (Phi) is 10.8. The van der Waals surface area contributed by atoms with Gasteiger partial charge in [-0.25, -0.2) is 9.98 Å². The molecule has 178 valence electrons. The standard InChI is InChI=1S/C24H37N5O2.HI/c1-6-25-24(27-15-21-8-7-17(2)13-22(21)30-5)26-14-20-9-11-29(12-10-20)16-23-28-18(3)19(4)31-23;/h7-8,13,20H,6,9-12,14-16H2,1-5H3,(H2,25,26,27);1H. The molecule has 1 fully saturated rings. The van der Waals surface area contributed by atoms with Gasteiger partial charge in [-0.2, -0.15) is 0 Å². The van der Waals surface area contributed by atoms with Crippen LogP contribution in [0.3, 0.4) is 0 Å². The number of nitrogens with zero attached hydrogens (tertiary/aromatic N) is 3. The van der Waals surface area contributed by atoms with E-state index < -0.39 is 0 Å². The number of hydrogen-bond acceptors (Lipinski definition) is 5. The molecule has 0 atom stereocenters. The summed E-state index contributed by atoms with van der Waals surface area (Å²) in [6.45, 7) is 13.4. The van der Waals surface area contributed by atoms with Gasteiger partial charge in [-0.15, -0.1) is 24.0 Å². The fraction of sp³-hybridized carbons (Fsp3) is 0.583. The third-order valence-electron chi connectivity index (χ3n) is 5.89.